The molecule has 1 heterocycles. The lowest BCUT2D eigenvalue weighted by atomic mass is 10.1. The minimum atomic E-state index is -3.09. The zero-order chi connectivity index (χ0) is 12.0. The van der Waals surface area contributed by atoms with Gasteiger partial charge in [0.25, 0.3) is 0 Å². The first-order chi connectivity index (χ1) is 7.53. The fourth-order valence-electron chi connectivity index (χ4n) is 1.90. The van der Waals surface area contributed by atoms with Gasteiger partial charge in [0.1, 0.15) is 0 Å². The first kappa shape index (κ1) is 14.2. The molecule has 96 valence electrons. The number of sulfonamides is 1. The van der Waals surface area contributed by atoms with Crippen LogP contribution in [0.4, 0.5) is 0 Å². The highest BCUT2D eigenvalue weighted by molar-refractivity contribution is 7.89. The van der Waals surface area contributed by atoms with Gasteiger partial charge in [0.05, 0.1) is 5.75 Å². The number of likely N-dealkylation sites (tertiary alicyclic amines) is 1. The van der Waals surface area contributed by atoms with E-state index in [0.29, 0.717) is 24.8 Å². The summed E-state index contributed by atoms with van der Waals surface area (Å²) in [6, 6.07) is 0. The van der Waals surface area contributed by atoms with E-state index in [-0.39, 0.29) is 5.75 Å². The molecule has 1 atom stereocenters. The van der Waals surface area contributed by atoms with Crippen molar-refractivity contribution in [1.29, 1.82) is 0 Å². The molecule has 0 radical (unpaired) electrons. The standard InChI is InChI=1S/C10H21ClN2O2S/c1-13-6-4-10(9-13)8-12-16(14,15)7-3-2-5-11/h10,12H,2-9H2,1H3. The second-order valence-electron chi connectivity index (χ2n) is 4.48. The Morgan fingerprint density at radius 1 is 1.44 bits per heavy atom. The Morgan fingerprint density at radius 3 is 2.75 bits per heavy atom. The largest absolute Gasteiger partial charge is 0.306 e. The second kappa shape index (κ2) is 6.79. The SMILES string of the molecule is CN1CCC(CNS(=O)(=O)CCCCCl)C1. The van der Waals surface area contributed by atoms with Gasteiger partial charge in [0, 0.05) is 19.0 Å². The van der Waals surface area contributed by atoms with E-state index in [9.17, 15) is 8.42 Å². The van der Waals surface area contributed by atoms with Crippen LogP contribution in [0.1, 0.15) is 19.3 Å². The minimum absolute atomic E-state index is 0.197. The Balaban J connectivity index is 2.20. The molecule has 1 unspecified atom stereocenters. The lowest BCUT2D eigenvalue weighted by Gasteiger charge is -2.11. The number of halogens is 1. The number of rotatable bonds is 7. The van der Waals surface area contributed by atoms with Gasteiger partial charge in [-0.2, -0.15) is 0 Å². The second-order valence-corrected chi connectivity index (χ2v) is 6.78. The first-order valence-corrected chi connectivity index (χ1v) is 7.94. The highest BCUT2D eigenvalue weighted by Crippen LogP contribution is 2.13. The highest BCUT2D eigenvalue weighted by Gasteiger charge is 2.21. The monoisotopic (exact) mass is 268 g/mol. The molecular weight excluding hydrogens is 248 g/mol. The van der Waals surface area contributed by atoms with Crippen molar-refractivity contribution in [3.05, 3.63) is 0 Å². The normalized spacial score (nSPS) is 22.8. The van der Waals surface area contributed by atoms with Gasteiger partial charge < -0.3 is 4.90 Å². The van der Waals surface area contributed by atoms with Gasteiger partial charge in [-0.15, -0.1) is 11.6 Å². The van der Waals surface area contributed by atoms with Crippen LogP contribution in [-0.4, -0.2) is 51.6 Å². The van der Waals surface area contributed by atoms with E-state index in [2.05, 4.69) is 16.7 Å². The number of hydrogen-bond acceptors (Lipinski definition) is 3. The third kappa shape index (κ3) is 5.48. The molecule has 6 heteroatoms. The molecular formula is C10H21ClN2O2S. The molecule has 0 aromatic heterocycles. The third-order valence-corrected chi connectivity index (χ3v) is 4.58. The molecule has 1 aliphatic rings. The molecule has 1 rings (SSSR count). The molecule has 0 spiro atoms. The van der Waals surface area contributed by atoms with Gasteiger partial charge in [-0.3, -0.25) is 0 Å². The van der Waals surface area contributed by atoms with Crippen molar-refractivity contribution in [1.82, 2.24) is 9.62 Å². The number of nitrogens with one attached hydrogen (secondary N) is 1. The summed E-state index contributed by atoms with van der Waals surface area (Å²) in [5.74, 6) is 1.19. The van der Waals surface area contributed by atoms with E-state index in [4.69, 9.17) is 11.6 Å². The zero-order valence-electron chi connectivity index (χ0n) is 9.78. The maximum absolute atomic E-state index is 11.6. The van der Waals surface area contributed by atoms with E-state index in [0.717, 1.165) is 25.9 Å². The van der Waals surface area contributed by atoms with Crippen LogP contribution in [-0.2, 0) is 10.0 Å². The van der Waals surface area contributed by atoms with E-state index < -0.39 is 10.0 Å². The lowest BCUT2D eigenvalue weighted by Crippen LogP contribution is -2.32. The summed E-state index contributed by atoms with van der Waals surface area (Å²) in [6.45, 7) is 2.64. The molecule has 0 aromatic rings. The van der Waals surface area contributed by atoms with Crippen LogP contribution in [0, 0.1) is 5.92 Å². The van der Waals surface area contributed by atoms with Gasteiger partial charge >= 0.3 is 0 Å². The molecule has 0 aromatic carbocycles. The predicted molar refractivity (Wildman–Crippen MR) is 67.3 cm³/mol. The van der Waals surface area contributed by atoms with Crippen molar-refractivity contribution in [2.45, 2.75) is 19.3 Å². The summed E-state index contributed by atoms with van der Waals surface area (Å²) >= 11 is 5.51. The predicted octanol–water partition coefficient (Wildman–Crippen LogP) is 0.876. The average molecular weight is 269 g/mol. The molecule has 1 saturated heterocycles. The Kier molecular flexibility index (Phi) is 6.03. The fourth-order valence-corrected chi connectivity index (χ4v) is 3.30. The third-order valence-electron chi connectivity index (χ3n) is 2.88. The van der Waals surface area contributed by atoms with Gasteiger partial charge in [-0.1, -0.05) is 0 Å². The van der Waals surface area contributed by atoms with Crippen LogP contribution in [0.25, 0.3) is 0 Å². The minimum Gasteiger partial charge on any atom is -0.306 e. The van der Waals surface area contributed by atoms with Gasteiger partial charge in [-0.25, -0.2) is 13.1 Å². The van der Waals surface area contributed by atoms with Crippen molar-refractivity contribution in [3.8, 4) is 0 Å². The average Bonchev–Trinajstić information content (AvgIpc) is 2.62. The Bertz CT molecular complexity index is 295. The number of hydrogen-bond donors (Lipinski definition) is 1. The molecule has 0 bridgehead atoms. The topological polar surface area (TPSA) is 49.4 Å². The smallest absolute Gasteiger partial charge is 0.211 e. The summed E-state index contributed by atoms with van der Waals surface area (Å²) in [6.07, 6.45) is 2.48. The number of unbranched alkanes of at least 4 members (excludes halogenated alkanes) is 1. The summed E-state index contributed by atoms with van der Waals surface area (Å²) in [7, 11) is -1.02. The Hall–Kier alpha value is 0.160. The van der Waals surface area contributed by atoms with Crippen LogP contribution >= 0.6 is 11.6 Å². The maximum atomic E-state index is 11.6. The van der Waals surface area contributed by atoms with Crippen molar-refractivity contribution in [3.63, 3.8) is 0 Å². The van der Waals surface area contributed by atoms with E-state index in [1.165, 1.54) is 0 Å². The highest BCUT2D eigenvalue weighted by atomic mass is 35.5. The maximum Gasteiger partial charge on any atom is 0.211 e. The zero-order valence-corrected chi connectivity index (χ0v) is 11.4. The van der Waals surface area contributed by atoms with Crippen LogP contribution in [0.15, 0.2) is 0 Å². The van der Waals surface area contributed by atoms with Crippen LogP contribution in [0.2, 0.25) is 0 Å². The Labute approximate surface area is 103 Å². The van der Waals surface area contributed by atoms with Crippen molar-refractivity contribution < 1.29 is 8.42 Å². The molecule has 0 amide bonds. The lowest BCUT2D eigenvalue weighted by molar-refractivity contribution is 0.394. The van der Waals surface area contributed by atoms with Crippen LogP contribution in [0.3, 0.4) is 0 Å². The van der Waals surface area contributed by atoms with Crippen LogP contribution < -0.4 is 4.72 Å². The number of alkyl halides is 1. The summed E-state index contributed by atoms with van der Waals surface area (Å²) < 4.78 is 25.8. The van der Waals surface area contributed by atoms with Gasteiger partial charge in [0.2, 0.25) is 10.0 Å². The van der Waals surface area contributed by atoms with E-state index in [1.807, 2.05) is 0 Å². The number of nitrogens with zero attached hydrogens (tertiary/aromatic N) is 1. The van der Waals surface area contributed by atoms with Gasteiger partial charge in [-0.05, 0) is 38.8 Å². The quantitative estimate of drug-likeness (QED) is 0.551. The fraction of sp³-hybridized carbons (Fsp3) is 1.00. The molecule has 16 heavy (non-hydrogen) atoms. The van der Waals surface area contributed by atoms with Crippen molar-refractivity contribution in [2.24, 2.45) is 5.92 Å². The molecule has 1 N–H and O–H groups in total. The molecule has 4 nitrogen and oxygen atoms in total. The molecule has 0 saturated carbocycles. The molecule has 0 aliphatic carbocycles. The van der Waals surface area contributed by atoms with E-state index in [1.54, 1.807) is 0 Å². The summed E-state index contributed by atoms with van der Waals surface area (Å²) in [5, 5.41) is 0. The molecule has 1 fully saturated rings. The molecule has 1 aliphatic heterocycles. The summed E-state index contributed by atoms with van der Waals surface area (Å²) in [5.41, 5.74) is 0. The van der Waals surface area contributed by atoms with Crippen molar-refractivity contribution in [2.75, 3.05) is 38.3 Å². The van der Waals surface area contributed by atoms with Crippen molar-refractivity contribution >= 4 is 21.6 Å². The Morgan fingerprint density at radius 2 is 2.19 bits per heavy atom. The first-order valence-electron chi connectivity index (χ1n) is 5.75. The van der Waals surface area contributed by atoms with E-state index >= 15 is 0 Å². The van der Waals surface area contributed by atoms with Crippen LogP contribution in [0.5, 0.6) is 0 Å². The summed E-state index contributed by atoms with van der Waals surface area (Å²) in [4.78, 5) is 2.23. The van der Waals surface area contributed by atoms with Gasteiger partial charge in [0.15, 0.2) is 0 Å².